The molecule has 1 radical (unpaired) electrons. The topological polar surface area (TPSA) is 69.5 Å². The minimum atomic E-state index is 0.493. The van der Waals surface area contributed by atoms with E-state index in [2.05, 4.69) is 5.32 Å². The summed E-state index contributed by atoms with van der Waals surface area (Å²) in [6.07, 6.45) is 0. The van der Waals surface area contributed by atoms with E-state index >= 15 is 0 Å². The molecule has 0 N–H and O–H groups in total. The predicted molar refractivity (Wildman–Crippen MR) is 93.7 cm³/mol. The van der Waals surface area contributed by atoms with E-state index in [0.29, 0.717) is 45.9 Å². The van der Waals surface area contributed by atoms with Gasteiger partial charge in [-0.2, -0.15) is 0 Å². The van der Waals surface area contributed by atoms with E-state index < -0.39 is 0 Å². The van der Waals surface area contributed by atoms with Crippen LogP contribution in [0.15, 0.2) is 24.3 Å². The van der Waals surface area contributed by atoms with Crippen molar-refractivity contribution in [1.29, 1.82) is 0 Å². The van der Waals surface area contributed by atoms with Crippen molar-refractivity contribution in [3.05, 3.63) is 24.3 Å². The molecular weight excluding hydrogens is 326 g/mol. The van der Waals surface area contributed by atoms with E-state index in [1.165, 1.54) is 0 Å². The molecule has 2 aromatic rings. The Balaban J connectivity index is 2.59. The van der Waals surface area contributed by atoms with Gasteiger partial charge in [0.05, 0.1) is 42.7 Å². The van der Waals surface area contributed by atoms with Crippen molar-refractivity contribution in [1.82, 2.24) is 5.32 Å². The smallest absolute Gasteiger partial charge is 0.152 e. The highest BCUT2D eigenvalue weighted by Gasteiger charge is 2.21. The highest BCUT2D eigenvalue weighted by Crippen LogP contribution is 2.46. The highest BCUT2D eigenvalue weighted by atomic mass is 16.5. The second-order valence-electron chi connectivity index (χ2n) is 4.87. The van der Waals surface area contributed by atoms with Crippen LogP contribution in [0.3, 0.4) is 0 Å². The van der Waals surface area contributed by atoms with Crippen LogP contribution in [-0.2, 0) is 0 Å². The molecule has 0 amide bonds. The fourth-order valence-corrected chi connectivity index (χ4v) is 2.31. The van der Waals surface area contributed by atoms with Gasteiger partial charge in [-0.25, -0.2) is 5.32 Å². The molecule has 7 heteroatoms. The van der Waals surface area contributed by atoms with Crippen molar-refractivity contribution < 1.29 is 28.4 Å². The summed E-state index contributed by atoms with van der Waals surface area (Å²) in [5.74, 6) is 3.18. The number of hydrogen-bond donors (Lipinski definition) is 0. The molecule has 2 aromatic carbocycles. The number of nitrogens with zero attached hydrogens (tertiary/aromatic N) is 1. The Labute approximate surface area is 147 Å². The van der Waals surface area contributed by atoms with Gasteiger partial charge in [0.15, 0.2) is 23.0 Å². The summed E-state index contributed by atoms with van der Waals surface area (Å²) < 4.78 is 32.3. The SMILES string of the molecule is COc1cc(OC)c([N]c2c(OC)cc(OC)cc2OC)c(OC)c1. The lowest BCUT2D eigenvalue weighted by Crippen LogP contribution is -2.02. The third-order valence-corrected chi connectivity index (χ3v) is 3.60. The lowest BCUT2D eigenvalue weighted by molar-refractivity contribution is 0.370. The zero-order valence-electron chi connectivity index (χ0n) is 15.2. The molecule has 0 saturated heterocycles. The monoisotopic (exact) mass is 348 g/mol. The number of ether oxygens (including phenoxy) is 6. The first-order chi connectivity index (χ1) is 12.1. The Hall–Kier alpha value is -2.96. The van der Waals surface area contributed by atoms with Crippen LogP contribution in [0.4, 0.5) is 11.4 Å². The fraction of sp³-hybridized carbons (Fsp3) is 0.333. The molecule has 0 aromatic heterocycles. The van der Waals surface area contributed by atoms with E-state index in [1.807, 2.05) is 0 Å². The largest absolute Gasteiger partial charge is 0.496 e. The summed E-state index contributed by atoms with van der Waals surface area (Å²) in [5.41, 5.74) is 0.986. The predicted octanol–water partition coefficient (Wildman–Crippen LogP) is 3.31. The maximum atomic E-state index is 5.43. The van der Waals surface area contributed by atoms with Gasteiger partial charge in [0.1, 0.15) is 22.9 Å². The molecule has 0 aliphatic carbocycles. The standard InChI is InChI=1S/C18H22NO6/c1-20-11-7-13(22-3)17(14(8-11)23-4)19-18-15(24-5)9-12(21-2)10-16(18)25-6/h7-10H,1-6H3. The van der Waals surface area contributed by atoms with Gasteiger partial charge in [-0.15, -0.1) is 0 Å². The number of benzene rings is 2. The average Bonchev–Trinajstić information content (AvgIpc) is 2.67. The van der Waals surface area contributed by atoms with Crippen LogP contribution in [0.5, 0.6) is 34.5 Å². The summed E-state index contributed by atoms with van der Waals surface area (Å²) in [7, 11) is 9.35. The van der Waals surface area contributed by atoms with Crippen molar-refractivity contribution in [3.8, 4) is 34.5 Å². The fourth-order valence-electron chi connectivity index (χ4n) is 2.31. The molecule has 0 bridgehead atoms. The minimum Gasteiger partial charge on any atom is -0.496 e. The van der Waals surface area contributed by atoms with Gasteiger partial charge in [0.2, 0.25) is 0 Å². The summed E-state index contributed by atoms with van der Waals surface area (Å²) in [6, 6.07) is 6.90. The second-order valence-corrected chi connectivity index (χ2v) is 4.87. The normalized spacial score (nSPS) is 10.0. The second kappa shape index (κ2) is 8.23. The highest BCUT2D eigenvalue weighted by molar-refractivity contribution is 5.74. The number of rotatable bonds is 8. The molecule has 7 nitrogen and oxygen atoms in total. The first-order valence-electron chi connectivity index (χ1n) is 7.43. The first-order valence-corrected chi connectivity index (χ1v) is 7.43. The Morgan fingerprint density at radius 1 is 0.480 bits per heavy atom. The molecule has 0 unspecified atom stereocenters. The van der Waals surface area contributed by atoms with Gasteiger partial charge < -0.3 is 28.4 Å². The molecule has 0 saturated carbocycles. The summed E-state index contributed by atoms with van der Waals surface area (Å²) >= 11 is 0. The van der Waals surface area contributed by atoms with Crippen LogP contribution in [0.25, 0.3) is 0 Å². The lowest BCUT2D eigenvalue weighted by Gasteiger charge is -2.18. The van der Waals surface area contributed by atoms with Gasteiger partial charge in [-0.3, -0.25) is 0 Å². The summed E-state index contributed by atoms with van der Waals surface area (Å²) in [6.45, 7) is 0. The van der Waals surface area contributed by atoms with Gasteiger partial charge in [-0.05, 0) is 0 Å². The zero-order valence-corrected chi connectivity index (χ0v) is 15.2. The Kier molecular flexibility index (Phi) is 6.05. The maximum absolute atomic E-state index is 5.43. The zero-order chi connectivity index (χ0) is 18.4. The van der Waals surface area contributed by atoms with Crippen molar-refractivity contribution in [3.63, 3.8) is 0 Å². The summed E-state index contributed by atoms with van der Waals surface area (Å²) in [5, 5.41) is 4.66. The minimum absolute atomic E-state index is 0.493. The number of methoxy groups -OCH3 is 6. The molecule has 0 atom stereocenters. The van der Waals surface area contributed by atoms with Crippen LogP contribution >= 0.6 is 0 Å². The van der Waals surface area contributed by atoms with Crippen LogP contribution < -0.4 is 33.7 Å². The van der Waals surface area contributed by atoms with Crippen LogP contribution in [0.1, 0.15) is 0 Å². The van der Waals surface area contributed by atoms with Crippen LogP contribution in [-0.4, -0.2) is 42.7 Å². The van der Waals surface area contributed by atoms with E-state index in [9.17, 15) is 0 Å². The van der Waals surface area contributed by atoms with E-state index in [-0.39, 0.29) is 0 Å². The van der Waals surface area contributed by atoms with Crippen molar-refractivity contribution >= 4 is 11.4 Å². The third kappa shape index (κ3) is 3.76. The van der Waals surface area contributed by atoms with E-state index in [4.69, 9.17) is 28.4 Å². The van der Waals surface area contributed by atoms with Gasteiger partial charge in [-0.1, -0.05) is 0 Å². The van der Waals surface area contributed by atoms with Gasteiger partial charge in [0, 0.05) is 24.3 Å². The molecule has 2 rings (SSSR count). The molecule has 135 valence electrons. The van der Waals surface area contributed by atoms with Crippen molar-refractivity contribution in [2.75, 3.05) is 42.7 Å². The van der Waals surface area contributed by atoms with Crippen molar-refractivity contribution in [2.45, 2.75) is 0 Å². The van der Waals surface area contributed by atoms with Crippen LogP contribution in [0.2, 0.25) is 0 Å². The van der Waals surface area contributed by atoms with Gasteiger partial charge in [0.25, 0.3) is 0 Å². The Bertz CT molecular complexity index is 620. The molecule has 0 spiro atoms. The average molecular weight is 348 g/mol. The summed E-state index contributed by atoms with van der Waals surface area (Å²) in [4.78, 5) is 0. The van der Waals surface area contributed by atoms with E-state index in [1.54, 1.807) is 66.9 Å². The lowest BCUT2D eigenvalue weighted by atomic mass is 10.2. The molecule has 0 fully saturated rings. The Morgan fingerprint density at radius 3 is 0.960 bits per heavy atom. The van der Waals surface area contributed by atoms with Crippen LogP contribution in [0, 0.1) is 0 Å². The molecule has 0 aliphatic heterocycles. The molecule has 0 aliphatic rings. The van der Waals surface area contributed by atoms with Crippen molar-refractivity contribution in [2.24, 2.45) is 0 Å². The Morgan fingerprint density at radius 2 is 0.760 bits per heavy atom. The molecular formula is C18H22NO6. The number of hydrogen-bond acceptors (Lipinski definition) is 6. The quantitative estimate of drug-likeness (QED) is 0.729. The third-order valence-electron chi connectivity index (χ3n) is 3.60. The maximum Gasteiger partial charge on any atom is 0.152 e. The van der Waals surface area contributed by atoms with Gasteiger partial charge >= 0.3 is 0 Å². The first kappa shape index (κ1) is 18.4. The molecule has 0 heterocycles. The molecule has 25 heavy (non-hydrogen) atoms. The van der Waals surface area contributed by atoms with E-state index in [0.717, 1.165) is 0 Å².